The first-order valence-corrected chi connectivity index (χ1v) is 2.19. The first-order chi connectivity index (χ1) is 3.46. The fraction of sp³-hybridized carbons (Fsp3) is 1.00. The minimum absolute atomic E-state index is 0. The second-order valence-electron chi connectivity index (χ2n) is 1.26. The van der Waals surface area contributed by atoms with Crippen LogP contribution in [-0.4, -0.2) is 33.0 Å². The molecule has 0 rings (SSSR count). The molecule has 0 aromatic rings. The van der Waals surface area contributed by atoms with Gasteiger partial charge in [0.15, 0.2) is 0 Å². The van der Waals surface area contributed by atoms with Gasteiger partial charge in [0.1, 0.15) is 12.6 Å². The van der Waals surface area contributed by atoms with E-state index in [2.05, 4.69) is 0 Å². The summed E-state index contributed by atoms with van der Waals surface area (Å²) in [6.45, 7) is 2.56. The molecule has 0 unspecified atom stereocenters. The van der Waals surface area contributed by atoms with Crippen LogP contribution in [0.5, 0.6) is 0 Å². The number of hydrogen-bond donors (Lipinski definition) is 4. The Morgan fingerprint density at radius 2 is 0.778 bits per heavy atom. The SMILES string of the molecule is CC(O)O.CC(O)O.[Pd]. The zero-order valence-electron chi connectivity index (χ0n) is 5.26. The normalized spacial score (nSPS) is 8.00. The minimum Gasteiger partial charge on any atom is -0.368 e. The third-order valence-corrected chi connectivity index (χ3v) is 0. The van der Waals surface area contributed by atoms with E-state index in [1.165, 1.54) is 13.8 Å². The molecular weight excluding hydrogens is 218 g/mol. The van der Waals surface area contributed by atoms with Gasteiger partial charge in [0, 0.05) is 20.4 Å². The second kappa shape index (κ2) is 11.3. The smallest absolute Gasteiger partial charge is 0.148 e. The van der Waals surface area contributed by atoms with Crippen molar-refractivity contribution in [3.05, 3.63) is 0 Å². The molecule has 0 radical (unpaired) electrons. The molecule has 0 heterocycles. The van der Waals surface area contributed by atoms with Gasteiger partial charge in [-0.15, -0.1) is 0 Å². The van der Waals surface area contributed by atoms with Crippen LogP contribution in [0.2, 0.25) is 0 Å². The summed E-state index contributed by atoms with van der Waals surface area (Å²) in [5.74, 6) is 0. The van der Waals surface area contributed by atoms with Crippen LogP contribution < -0.4 is 0 Å². The van der Waals surface area contributed by atoms with Crippen LogP contribution in [0, 0.1) is 0 Å². The molecule has 0 aliphatic heterocycles. The molecule has 9 heavy (non-hydrogen) atoms. The fourth-order valence-corrected chi connectivity index (χ4v) is 0. The Morgan fingerprint density at radius 1 is 0.778 bits per heavy atom. The van der Waals surface area contributed by atoms with E-state index in [1.807, 2.05) is 0 Å². The monoisotopic (exact) mass is 230 g/mol. The molecule has 0 spiro atoms. The molecule has 0 saturated carbocycles. The molecule has 62 valence electrons. The van der Waals surface area contributed by atoms with Crippen molar-refractivity contribution in [3.63, 3.8) is 0 Å². The molecule has 0 aromatic carbocycles. The average Bonchev–Trinajstić information content (AvgIpc) is 1.25. The van der Waals surface area contributed by atoms with Crippen LogP contribution in [0.4, 0.5) is 0 Å². The second-order valence-corrected chi connectivity index (χ2v) is 1.26. The number of hydrogen-bond acceptors (Lipinski definition) is 4. The van der Waals surface area contributed by atoms with E-state index in [9.17, 15) is 0 Å². The molecule has 0 atom stereocenters. The van der Waals surface area contributed by atoms with E-state index < -0.39 is 12.6 Å². The molecule has 4 nitrogen and oxygen atoms in total. The van der Waals surface area contributed by atoms with E-state index in [4.69, 9.17) is 20.4 Å². The van der Waals surface area contributed by atoms with Gasteiger partial charge in [0.25, 0.3) is 0 Å². The summed E-state index contributed by atoms with van der Waals surface area (Å²) in [6, 6.07) is 0. The Balaban J connectivity index is -0.0000000720. The maximum atomic E-state index is 7.61. The Bertz CT molecular complexity index is 28.0. The van der Waals surface area contributed by atoms with E-state index in [-0.39, 0.29) is 20.4 Å². The summed E-state index contributed by atoms with van der Waals surface area (Å²) >= 11 is 0. The van der Waals surface area contributed by atoms with Crippen molar-refractivity contribution < 1.29 is 40.8 Å². The van der Waals surface area contributed by atoms with Crippen LogP contribution in [0.3, 0.4) is 0 Å². The topological polar surface area (TPSA) is 80.9 Å². The molecule has 0 saturated heterocycles. The van der Waals surface area contributed by atoms with Crippen molar-refractivity contribution in [1.29, 1.82) is 0 Å². The van der Waals surface area contributed by atoms with E-state index in [0.29, 0.717) is 0 Å². The van der Waals surface area contributed by atoms with Crippen LogP contribution in [0.15, 0.2) is 0 Å². The third kappa shape index (κ3) is 1420. The molecule has 0 aliphatic rings. The van der Waals surface area contributed by atoms with E-state index >= 15 is 0 Å². The molecule has 5 heteroatoms. The molecule has 0 amide bonds. The summed E-state index contributed by atoms with van der Waals surface area (Å²) < 4.78 is 0. The van der Waals surface area contributed by atoms with Gasteiger partial charge >= 0.3 is 0 Å². The largest absolute Gasteiger partial charge is 0.368 e. The van der Waals surface area contributed by atoms with Gasteiger partial charge in [-0.2, -0.15) is 0 Å². The van der Waals surface area contributed by atoms with Crippen molar-refractivity contribution >= 4 is 0 Å². The van der Waals surface area contributed by atoms with Crippen molar-refractivity contribution in [3.8, 4) is 0 Å². The molecular formula is C4H12O4Pd. The van der Waals surface area contributed by atoms with Crippen molar-refractivity contribution in [2.75, 3.05) is 0 Å². The quantitative estimate of drug-likeness (QED) is 0.306. The predicted molar refractivity (Wildman–Crippen MR) is 27.8 cm³/mol. The maximum absolute atomic E-state index is 7.61. The Labute approximate surface area is 67.8 Å². The van der Waals surface area contributed by atoms with Gasteiger partial charge in [-0.1, -0.05) is 0 Å². The molecule has 0 bridgehead atoms. The summed E-state index contributed by atoms with van der Waals surface area (Å²) in [7, 11) is 0. The zero-order valence-corrected chi connectivity index (χ0v) is 6.81. The van der Waals surface area contributed by atoms with Crippen molar-refractivity contribution in [2.45, 2.75) is 26.4 Å². The van der Waals surface area contributed by atoms with Gasteiger partial charge in [-0.3, -0.25) is 0 Å². The van der Waals surface area contributed by atoms with Crippen LogP contribution in [0.25, 0.3) is 0 Å². The van der Waals surface area contributed by atoms with Gasteiger partial charge in [0.2, 0.25) is 0 Å². The van der Waals surface area contributed by atoms with Crippen LogP contribution in [-0.2, 0) is 20.4 Å². The summed E-state index contributed by atoms with van der Waals surface area (Å²) in [5.41, 5.74) is 0. The maximum Gasteiger partial charge on any atom is 0.148 e. The van der Waals surface area contributed by atoms with Crippen LogP contribution >= 0.6 is 0 Å². The van der Waals surface area contributed by atoms with E-state index in [1.54, 1.807) is 0 Å². The first-order valence-electron chi connectivity index (χ1n) is 2.19. The fourth-order valence-electron chi connectivity index (χ4n) is 0. The molecule has 0 aromatic heterocycles. The molecule has 0 aliphatic carbocycles. The summed E-state index contributed by atoms with van der Waals surface area (Å²) in [6.07, 6.45) is -2.33. The summed E-state index contributed by atoms with van der Waals surface area (Å²) in [4.78, 5) is 0. The number of aliphatic hydroxyl groups is 4. The average molecular weight is 231 g/mol. The van der Waals surface area contributed by atoms with Gasteiger partial charge < -0.3 is 20.4 Å². The Morgan fingerprint density at radius 3 is 0.778 bits per heavy atom. The predicted octanol–water partition coefficient (Wildman–Crippen LogP) is -1.37. The minimum atomic E-state index is -1.17. The number of rotatable bonds is 0. The third-order valence-electron chi connectivity index (χ3n) is 0. The van der Waals surface area contributed by atoms with Gasteiger partial charge in [-0.05, 0) is 13.8 Å². The molecule has 4 N–H and O–H groups in total. The standard InChI is InChI=1S/2C2H6O2.Pd/c2*1-2(3)4;/h2*2-4H,1H3;. The Kier molecular flexibility index (Phi) is 20.4. The molecule has 0 fully saturated rings. The van der Waals surface area contributed by atoms with Gasteiger partial charge in [0.05, 0.1) is 0 Å². The van der Waals surface area contributed by atoms with Gasteiger partial charge in [-0.25, -0.2) is 0 Å². The zero-order chi connectivity index (χ0) is 7.15. The number of aliphatic hydroxyl groups excluding tert-OH is 2. The van der Waals surface area contributed by atoms with Crippen molar-refractivity contribution in [2.24, 2.45) is 0 Å². The van der Waals surface area contributed by atoms with Crippen molar-refractivity contribution in [1.82, 2.24) is 0 Å². The Hall–Kier alpha value is 0.502. The van der Waals surface area contributed by atoms with E-state index in [0.717, 1.165) is 0 Å². The first kappa shape index (κ1) is 16.2. The van der Waals surface area contributed by atoms with Crippen LogP contribution in [0.1, 0.15) is 13.8 Å². The summed E-state index contributed by atoms with van der Waals surface area (Å²) in [5, 5.41) is 30.4.